The predicted octanol–water partition coefficient (Wildman–Crippen LogP) is 1.64. The van der Waals surface area contributed by atoms with E-state index in [1.165, 1.54) is 17.0 Å². The van der Waals surface area contributed by atoms with Gasteiger partial charge in [0.05, 0.1) is 6.54 Å². The standard InChI is InChI=1S/C13H18ClN3O3/c1-8(2)6-15-11(18)7-17(3)12-9(13(19)20)4-5-10(14)16-12/h4-5,8H,6-7H2,1-3H3,(H,15,18)(H,19,20). The molecular formula is C13H18ClN3O3. The number of nitrogens with one attached hydrogen (secondary N) is 1. The molecule has 1 aromatic heterocycles. The Labute approximate surface area is 122 Å². The van der Waals surface area contributed by atoms with Gasteiger partial charge in [0, 0.05) is 13.6 Å². The fourth-order valence-corrected chi connectivity index (χ4v) is 1.69. The fourth-order valence-electron chi connectivity index (χ4n) is 1.55. The lowest BCUT2D eigenvalue weighted by molar-refractivity contribution is -0.119. The Balaban J connectivity index is 2.81. The second-order valence-corrected chi connectivity index (χ2v) is 5.25. The minimum Gasteiger partial charge on any atom is -0.478 e. The molecule has 0 saturated heterocycles. The van der Waals surface area contributed by atoms with Crippen LogP contribution in [-0.4, -0.2) is 42.1 Å². The highest BCUT2D eigenvalue weighted by Gasteiger charge is 2.17. The highest BCUT2D eigenvalue weighted by molar-refractivity contribution is 6.29. The molecule has 0 radical (unpaired) electrons. The van der Waals surface area contributed by atoms with E-state index in [9.17, 15) is 9.59 Å². The molecule has 0 spiro atoms. The Morgan fingerprint density at radius 1 is 1.45 bits per heavy atom. The van der Waals surface area contributed by atoms with Crippen molar-refractivity contribution in [2.45, 2.75) is 13.8 Å². The van der Waals surface area contributed by atoms with E-state index in [1.54, 1.807) is 7.05 Å². The molecule has 1 rings (SSSR count). The Hall–Kier alpha value is -1.82. The van der Waals surface area contributed by atoms with Gasteiger partial charge in [0.25, 0.3) is 0 Å². The number of halogens is 1. The van der Waals surface area contributed by atoms with Gasteiger partial charge in [0.1, 0.15) is 16.5 Å². The van der Waals surface area contributed by atoms with E-state index in [1.807, 2.05) is 13.8 Å². The van der Waals surface area contributed by atoms with Crippen molar-refractivity contribution in [1.82, 2.24) is 10.3 Å². The van der Waals surface area contributed by atoms with Crippen LogP contribution in [0.25, 0.3) is 0 Å². The van der Waals surface area contributed by atoms with Crippen LogP contribution >= 0.6 is 11.6 Å². The van der Waals surface area contributed by atoms with Gasteiger partial charge in [-0.3, -0.25) is 4.79 Å². The summed E-state index contributed by atoms with van der Waals surface area (Å²) in [6, 6.07) is 2.77. The number of carbonyl (C=O) groups is 2. The van der Waals surface area contributed by atoms with Crippen LogP contribution in [0.2, 0.25) is 5.15 Å². The quantitative estimate of drug-likeness (QED) is 0.780. The van der Waals surface area contributed by atoms with Crippen molar-refractivity contribution in [1.29, 1.82) is 0 Å². The fraction of sp³-hybridized carbons (Fsp3) is 0.462. The summed E-state index contributed by atoms with van der Waals surface area (Å²) >= 11 is 5.77. The molecule has 1 heterocycles. The van der Waals surface area contributed by atoms with Gasteiger partial charge in [-0.25, -0.2) is 9.78 Å². The first-order chi connectivity index (χ1) is 9.31. The van der Waals surface area contributed by atoms with Gasteiger partial charge in [-0.1, -0.05) is 25.4 Å². The number of likely N-dealkylation sites (N-methyl/N-ethyl adjacent to an activating group) is 1. The lowest BCUT2D eigenvalue weighted by atomic mass is 10.2. The second-order valence-electron chi connectivity index (χ2n) is 4.86. The Morgan fingerprint density at radius 3 is 2.65 bits per heavy atom. The lowest BCUT2D eigenvalue weighted by Crippen LogP contribution is -2.37. The van der Waals surface area contributed by atoms with Gasteiger partial charge in [0.15, 0.2) is 0 Å². The Bertz CT molecular complexity index is 506. The van der Waals surface area contributed by atoms with Crippen LogP contribution in [0, 0.1) is 5.92 Å². The monoisotopic (exact) mass is 299 g/mol. The largest absolute Gasteiger partial charge is 0.478 e. The number of amides is 1. The topological polar surface area (TPSA) is 82.5 Å². The van der Waals surface area contributed by atoms with Crippen LogP contribution < -0.4 is 10.2 Å². The van der Waals surface area contributed by atoms with E-state index in [0.717, 1.165) is 0 Å². The zero-order chi connectivity index (χ0) is 15.3. The van der Waals surface area contributed by atoms with Crippen molar-refractivity contribution in [3.8, 4) is 0 Å². The molecule has 0 bridgehead atoms. The maximum Gasteiger partial charge on any atom is 0.339 e. The molecule has 0 aliphatic heterocycles. The number of hydrogen-bond donors (Lipinski definition) is 2. The molecule has 0 aromatic carbocycles. The van der Waals surface area contributed by atoms with Crippen LogP contribution in [0.1, 0.15) is 24.2 Å². The first-order valence-electron chi connectivity index (χ1n) is 6.19. The van der Waals surface area contributed by atoms with Crippen molar-refractivity contribution in [2.75, 3.05) is 25.0 Å². The molecule has 1 amide bonds. The summed E-state index contributed by atoms with van der Waals surface area (Å²) in [7, 11) is 1.60. The van der Waals surface area contributed by atoms with Crippen molar-refractivity contribution in [3.63, 3.8) is 0 Å². The number of carboxylic acid groups (broad SMARTS) is 1. The first-order valence-corrected chi connectivity index (χ1v) is 6.56. The molecule has 2 N–H and O–H groups in total. The average molecular weight is 300 g/mol. The van der Waals surface area contributed by atoms with E-state index >= 15 is 0 Å². The normalized spacial score (nSPS) is 10.4. The minimum atomic E-state index is -1.11. The van der Waals surface area contributed by atoms with Crippen LogP contribution in [0.15, 0.2) is 12.1 Å². The summed E-state index contributed by atoms with van der Waals surface area (Å²) in [6.07, 6.45) is 0. The molecule has 20 heavy (non-hydrogen) atoms. The molecule has 0 fully saturated rings. The van der Waals surface area contributed by atoms with Gasteiger partial charge < -0.3 is 15.3 Å². The third-order valence-corrected chi connectivity index (χ3v) is 2.73. The predicted molar refractivity (Wildman–Crippen MR) is 77.3 cm³/mol. The Kier molecular flexibility index (Phi) is 5.76. The average Bonchev–Trinajstić information content (AvgIpc) is 2.35. The summed E-state index contributed by atoms with van der Waals surface area (Å²) in [5, 5.41) is 12.0. The van der Waals surface area contributed by atoms with E-state index < -0.39 is 5.97 Å². The van der Waals surface area contributed by atoms with Crippen molar-refractivity contribution >= 4 is 29.3 Å². The number of pyridine rings is 1. The highest BCUT2D eigenvalue weighted by Crippen LogP contribution is 2.19. The Morgan fingerprint density at radius 2 is 2.10 bits per heavy atom. The third-order valence-electron chi connectivity index (χ3n) is 2.52. The number of aromatic carboxylic acids is 1. The van der Waals surface area contributed by atoms with Gasteiger partial charge in [-0.15, -0.1) is 0 Å². The van der Waals surface area contributed by atoms with Crippen LogP contribution in [-0.2, 0) is 4.79 Å². The van der Waals surface area contributed by atoms with Gasteiger partial charge >= 0.3 is 5.97 Å². The summed E-state index contributed by atoms with van der Waals surface area (Å²) in [5.74, 6) is -0.786. The molecule has 0 unspecified atom stereocenters. The highest BCUT2D eigenvalue weighted by atomic mass is 35.5. The summed E-state index contributed by atoms with van der Waals surface area (Å²) < 4.78 is 0. The molecule has 6 nitrogen and oxygen atoms in total. The SMILES string of the molecule is CC(C)CNC(=O)CN(C)c1nc(Cl)ccc1C(=O)O. The zero-order valence-corrected chi connectivity index (χ0v) is 12.4. The van der Waals surface area contributed by atoms with Gasteiger partial charge in [0.2, 0.25) is 5.91 Å². The van der Waals surface area contributed by atoms with Crippen molar-refractivity contribution in [3.05, 3.63) is 22.8 Å². The zero-order valence-electron chi connectivity index (χ0n) is 11.7. The van der Waals surface area contributed by atoms with Crippen molar-refractivity contribution in [2.24, 2.45) is 5.92 Å². The molecule has 110 valence electrons. The van der Waals surface area contributed by atoms with Gasteiger partial charge in [-0.05, 0) is 18.1 Å². The van der Waals surface area contributed by atoms with E-state index in [2.05, 4.69) is 10.3 Å². The maximum absolute atomic E-state index is 11.7. The molecule has 0 atom stereocenters. The van der Waals surface area contributed by atoms with E-state index in [0.29, 0.717) is 12.5 Å². The number of anilines is 1. The molecule has 1 aromatic rings. The maximum atomic E-state index is 11.7. The summed E-state index contributed by atoms with van der Waals surface area (Å²) in [5.41, 5.74) is 0.00793. The number of aromatic nitrogens is 1. The van der Waals surface area contributed by atoms with Gasteiger partial charge in [-0.2, -0.15) is 0 Å². The minimum absolute atomic E-state index is 0.00793. The number of carbonyl (C=O) groups excluding carboxylic acids is 1. The summed E-state index contributed by atoms with van der Waals surface area (Å²) in [4.78, 5) is 28.3. The smallest absolute Gasteiger partial charge is 0.339 e. The summed E-state index contributed by atoms with van der Waals surface area (Å²) in [6.45, 7) is 4.57. The molecule has 0 saturated carbocycles. The van der Waals surface area contributed by atoms with E-state index in [4.69, 9.17) is 16.7 Å². The molecule has 7 heteroatoms. The third kappa shape index (κ3) is 4.70. The number of hydrogen-bond acceptors (Lipinski definition) is 4. The van der Waals surface area contributed by atoms with Crippen LogP contribution in [0.3, 0.4) is 0 Å². The second kappa shape index (κ2) is 7.09. The number of nitrogens with zero attached hydrogens (tertiary/aromatic N) is 2. The van der Waals surface area contributed by atoms with Crippen LogP contribution in [0.4, 0.5) is 5.82 Å². The molecule has 0 aliphatic rings. The first kappa shape index (κ1) is 16.2. The number of carboxylic acids is 1. The molecular weight excluding hydrogens is 282 g/mol. The lowest BCUT2D eigenvalue weighted by Gasteiger charge is -2.20. The van der Waals surface area contributed by atoms with E-state index in [-0.39, 0.29) is 29.0 Å². The number of rotatable bonds is 6. The van der Waals surface area contributed by atoms with Crippen molar-refractivity contribution < 1.29 is 14.7 Å². The molecule has 0 aliphatic carbocycles. The van der Waals surface area contributed by atoms with Crippen LogP contribution in [0.5, 0.6) is 0 Å².